The Bertz CT molecular complexity index is 801. The van der Waals surface area contributed by atoms with Crippen LogP contribution in [0.3, 0.4) is 0 Å². The lowest BCUT2D eigenvalue weighted by molar-refractivity contribution is 0.0954. The smallest absolute Gasteiger partial charge is 0.262 e. The summed E-state index contributed by atoms with van der Waals surface area (Å²) in [7, 11) is 0. The minimum absolute atomic E-state index is 0.0221. The fourth-order valence-electron chi connectivity index (χ4n) is 2.93. The minimum atomic E-state index is -0.0552. The second kappa shape index (κ2) is 4.66. The zero-order valence-corrected chi connectivity index (χ0v) is 12.8. The normalized spacial score (nSPS) is 17.8. The largest absolute Gasteiger partial charge is 0.349 e. The van der Waals surface area contributed by atoms with Crippen LogP contribution in [0.5, 0.6) is 0 Å². The number of fused-ring (bicyclic) bond motifs is 2. The Morgan fingerprint density at radius 3 is 2.95 bits per heavy atom. The quantitative estimate of drug-likeness (QED) is 0.923. The molecule has 0 unspecified atom stereocenters. The molecule has 0 radical (unpaired) electrons. The average Bonchev–Trinajstić information content (AvgIpc) is 3.22. The number of thiophene rings is 1. The molecule has 0 spiro atoms. The number of carbonyl (C=O) groups excluding carboxylic acids is 1. The lowest BCUT2D eigenvalue weighted by Gasteiger charge is -2.16. The van der Waals surface area contributed by atoms with Crippen molar-refractivity contribution in [2.45, 2.75) is 51.6 Å². The van der Waals surface area contributed by atoms with Crippen molar-refractivity contribution in [3.63, 3.8) is 0 Å². The SMILES string of the molecule is Cc1c(C(=O)NC2CC2)sc2nc3n(c(=O)c12)CCCC3. The number of hydrogen-bond donors (Lipinski definition) is 1. The first-order valence-corrected chi connectivity index (χ1v) is 8.30. The van der Waals surface area contributed by atoms with Crippen LogP contribution < -0.4 is 10.9 Å². The first-order chi connectivity index (χ1) is 10.1. The highest BCUT2D eigenvalue weighted by Crippen LogP contribution is 2.29. The number of hydrogen-bond acceptors (Lipinski definition) is 4. The molecule has 1 N–H and O–H groups in total. The van der Waals surface area contributed by atoms with E-state index >= 15 is 0 Å². The van der Waals surface area contributed by atoms with Crippen LogP contribution in [-0.2, 0) is 13.0 Å². The molecule has 4 rings (SSSR count). The van der Waals surface area contributed by atoms with Crippen molar-refractivity contribution in [1.82, 2.24) is 14.9 Å². The second-order valence-corrected chi connectivity index (χ2v) is 6.93. The maximum absolute atomic E-state index is 12.7. The molecule has 0 saturated heterocycles. The summed E-state index contributed by atoms with van der Waals surface area (Å²) in [5.74, 6) is 0.814. The Morgan fingerprint density at radius 2 is 2.19 bits per heavy atom. The van der Waals surface area contributed by atoms with Crippen molar-refractivity contribution in [2.24, 2.45) is 0 Å². The minimum Gasteiger partial charge on any atom is -0.349 e. The monoisotopic (exact) mass is 303 g/mol. The van der Waals surface area contributed by atoms with Gasteiger partial charge in [-0.05, 0) is 38.2 Å². The van der Waals surface area contributed by atoms with Gasteiger partial charge in [-0.1, -0.05) is 0 Å². The summed E-state index contributed by atoms with van der Waals surface area (Å²) in [5.41, 5.74) is 0.806. The second-order valence-electron chi connectivity index (χ2n) is 5.93. The molecule has 2 aliphatic rings. The van der Waals surface area contributed by atoms with Crippen molar-refractivity contribution >= 4 is 27.5 Å². The van der Waals surface area contributed by atoms with Crippen LogP contribution in [0.15, 0.2) is 4.79 Å². The summed E-state index contributed by atoms with van der Waals surface area (Å²) in [6.45, 7) is 2.61. The van der Waals surface area contributed by atoms with Gasteiger partial charge in [-0.3, -0.25) is 14.2 Å². The molecule has 6 heteroatoms. The standard InChI is InChI=1S/C15H17N3O2S/c1-8-11-14(21-12(8)13(19)16-9-5-6-9)17-10-4-2-3-7-18(10)15(11)20/h9H,2-7H2,1H3,(H,16,19). The number of amides is 1. The van der Waals surface area contributed by atoms with E-state index in [0.29, 0.717) is 21.1 Å². The molecule has 1 aliphatic heterocycles. The highest BCUT2D eigenvalue weighted by Gasteiger charge is 2.27. The number of rotatable bonds is 2. The highest BCUT2D eigenvalue weighted by atomic mass is 32.1. The van der Waals surface area contributed by atoms with Crippen LogP contribution >= 0.6 is 11.3 Å². The summed E-state index contributed by atoms with van der Waals surface area (Å²) in [5, 5.41) is 3.63. The third-order valence-electron chi connectivity index (χ3n) is 4.28. The number of nitrogens with zero attached hydrogens (tertiary/aromatic N) is 2. The summed E-state index contributed by atoms with van der Waals surface area (Å²) in [4.78, 5) is 30.9. The summed E-state index contributed by atoms with van der Waals surface area (Å²) >= 11 is 1.35. The molecular weight excluding hydrogens is 286 g/mol. The van der Waals surface area contributed by atoms with Gasteiger partial charge >= 0.3 is 0 Å². The third-order valence-corrected chi connectivity index (χ3v) is 5.46. The fourth-order valence-corrected chi connectivity index (χ4v) is 4.02. The van der Waals surface area contributed by atoms with Crippen LogP contribution in [0.1, 0.15) is 46.7 Å². The Morgan fingerprint density at radius 1 is 1.38 bits per heavy atom. The van der Waals surface area contributed by atoms with Gasteiger partial charge in [0.15, 0.2) is 0 Å². The van der Waals surface area contributed by atoms with E-state index in [1.807, 2.05) is 6.92 Å². The van der Waals surface area contributed by atoms with Crippen molar-refractivity contribution in [1.29, 1.82) is 0 Å². The molecule has 0 aromatic carbocycles. The molecule has 1 amide bonds. The van der Waals surface area contributed by atoms with Crippen molar-refractivity contribution in [2.75, 3.05) is 0 Å². The van der Waals surface area contributed by atoms with E-state index in [0.717, 1.165) is 50.0 Å². The van der Waals surface area contributed by atoms with E-state index in [1.165, 1.54) is 11.3 Å². The molecule has 1 aliphatic carbocycles. The van der Waals surface area contributed by atoms with Gasteiger partial charge in [0.2, 0.25) is 0 Å². The number of carbonyl (C=O) groups is 1. The Balaban J connectivity index is 1.87. The topological polar surface area (TPSA) is 64.0 Å². The Labute approximate surface area is 126 Å². The summed E-state index contributed by atoms with van der Waals surface area (Å²) < 4.78 is 1.79. The van der Waals surface area contributed by atoms with Crippen LogP contribution in [0.25, 0.3) is 10.2 Å². The van der Waals surface area contributed by atoms with E-state index in [4.69, 9.17) is 0 Å². The molecule has 1 fully saturated rings. The number of nitrogens with one attached hydrogen (secondary N) is 1. The van der Waals surface area contributed by atoms with Gasteiger partial charge in [-0.15, -0.1) is 11.3 Å². The molecule has 3 heterocycles. The highest BCUT2D eigenvalue weighted by molar-refractivity contribution is 7.20. The average molecular weight is 303 g/mol. The molecule has 1 saturated carbocycles. The van der Waals surface area contributed by atoms with Crippen LogP contribution in [0.4, 0.5) is 0 Å². The van der Waals surface area contributed by atoms with Gasteiger partial charge in [0.05, 0.1) is 10.3 Å². The summed E-state index contributed by atoms with van der Waals surface area (Å²) in [6.07, 6.45) is 5.08. The molecule has 110 valence electrons. The van der Waals surface area contributed by atoms with Gasteiger partial charge in [-0.2, -0.15) is 0 Å². The maximum Gasteiger partial charge on any atom is 0.262 e. The van der Waals surface area contributed by atoms with Crippen molar-refractivity contribution in [3.8, 4) is 0 Å². The van der Waals surface area contributed by atoms with Gasteiger partial charge in [0.1, 0.15) is 10.7 Å². The predicted octanol–water partition coefficient (Wildman–Crippen LogP) is 1.99. The van der Waals surface area contributed by atoms with Gasteiger partial charge < -0.3 is 5.32 Å². The van der Waals surface area contributed by atoms with Gasteiger partial charge in [-0.25, -0.2) is 4.98 Å². The van der Waals surface area contributed by atoms with E-state index in [9.17, 15) is 9.59 Å². The van der Waals surface area contributed by atoms with Gasteiger partial charge in [0.25, 0.3) is 11.5 Å². The number of aromatic nitrogens is 2. The molecular formula is C15H17N3O2S. The Hall–Kier alpha value is -1.69. The Kier molecular flexibility index (Phi) is 2.89. The fraction of sp³-hybridized carbons (Fsp3) is 0.533. The van der Waals surface area contributed by atoms with Gasteiger partial charge in [0, 0.05) is 19.0 Å². The number of aryl methyl sites for hydroxylation is 2. The lowest BCUT2D eigenvalue weighted by atomic mass is 10.1. The van der Waals surface area contributed by atoms with E-state index in [-0.39, 0.29) is 11.5 Å². The van der Waals surface area contributed by atoms with E-state index in [2.05, 4.69) is 10.3 Å². The van der Waals surface area contributed by atoms with Crippen molar-refractivity contribution < 1.29 is 4.79 Å². The molecule has 5 nitrogen and oxygen atoms in total. The first-order valence-electron chi connectivity index (χ1n) is 7.49. The van der Waals surface area contributed by atoms with Crippen LogP contribution in [0, 0.1) is 6.92 Å². The zero-order chi connectivity index (χ0) is 14.6. The van der Waals surface area contributed by atoms with Crippen LogP contribution in [0.2, 0.25) is 0 Å². The molecule has 21 heavy (non-hydrogen) atoms. The zero-order valence-electron chi connectivity index (χ0n) is 11.9. The predicted molar refractivity (Wildman–Crippen MR) is 82.0 cm³/mol. The van der Waals surface area contributed by atoms with Crippen molar-refractivity contribution in [3.05, 3.63) is 26.6 Å². The first kappa shape index (κ1) is 13.0. The summed E-state index contributed by atoms with van der Waals surface area (Å²) in [6, 6.07) is 0.323. The maximum atomic E-state index is 12.7. The molecule has 0 bridgehead atoms. The lowest BCUT2D eigenvalue weighted by Crippen LogP contribution is -2.28. The third kappa shape index (κ3) is 2.09. The van der Waals surface area contributed by atoms with E-state index in [1.54, 1.807) is 4.57 Å². The molecule has 2 aromatic heterocycles. The van der Waals surface area contributed by atoms with E-state index < -0.39 is 0 Å². The molecule has 2 aromatic rings. The molecule has 0 atom stereocenters. The van der Waals surface area contributed by atoms with Crippen LogP contribution in [-0.4, -0.2) is 21.5 Å².